The number of rotatable bonds is 4. The largest absolute Gasteiger partial charge is 0.465 e. The summed E-state index contributed by atoms with van der Waals surface area (Å²) in [5.74, 6) is 3.07. The molecule has 108 valence electrons. The fourth-order valence-electron chi connectivity index (χ4n) is 3.21. The summed E-state index contributed by atoms with van der Waals surface area (Å²) in [5, 5.41) is 4.09. The molecule has 0 N–H and O–H groups in total. The standard InChI is InChI=1S/C16H22N2O2/c1-4-13-7-8-14(19-13)10-18-9-5-6-15(18)16-11(2)17-20-12(16)3/h7-8,15H,4-6,9-10H2,1-3H3. The van der Waals surface area contributed by atoms with Crippen molar-refractivity contribution in [2.45, 2.75) is 52.6 Å². The van der Waals surface area contributed by atoms with E-state index in [1.165, 1.54) is 18.4 Å². The highest BCUT2D eigenvalue weighted by Crippen LogP contribution is 2.36. The van der Waals surface area contributed by atoms with Crippen molar-refractivity contribution >= 4 is 0 Å². The second-order valence-corrected chi connectivity index (χ2v) is 5.59. The van der Waals surface area contributed by atoms with Gasteiger partial charge in [-0.05, 0) is 45.4 Å². The zero-order valence-electron chi connectivity index (χ0n) is 12.5. The van der Waals surface area contributed by atoms with E-state index < -0.39 is 0 Å². The normalized spacial score (nSPS) is 19.9. The van der Waals surface area contributed by atoms with E-state index in [0.29, 0.717) is 6.04 Å². The van der Waals surface area contributed by atoms with E-state index in [1.807, 2.05) is 13.8 Å². The van der Waals surface area contributed by atoms with E-state index in [-0.39, 0.29) is 0 Å². The van der Waals surface area contributed by atoms with Gasteiger partial charge in [-0.15, -0.1) is 0 Å². The molecule has 4 nitrogen and oxygen atoms in total. The highest BCUT2D eigenvalue weighted by molar-refractivity contribution is 5.26. The number of hydrogen-bond donors (Lipinski definition) is 0. The number of likely N-dealkylation sites (tertiary alicyclic amines) is 1. The van der Waals surface area contributed by atoms with Gasteiger partial charge in [0.15, 0.2) is 0 Å². The summed E-state index contributed by atoms with van der Waals surface area (Å²) in [4.78, 5) is 2.48. The molecular formula is C16H22N2O2. The van der Waals surface area contributed by atoms with Crippen LogP contribution >= 0.6 is 0 Å². The number of aromatic nitrogens is 1. The maximum Gasteiger partial charge on any atom is 0.138 e. The highest BCUT2D eigenvalue weighted by Gasteiger charge is 2.31. The van der Waals surface area contributed by atoms with Crippen molar-refractivity contribution in [3.05, 3.63) is 40.7 Å². The molecular weight excluding hydrogens is 252 g/mol. The van der Waals surface area contributed by atoms with E-state index in [1.54, 1.807) is 0 Å². The Bertz CT molecular complexity index is 566. The van der Waals surface area contributed by atoms with Crippen LogP contribution in [0.3, 0.4) is 0 Å². The van der Waals surface area contributed by atoms with Crippen LogP contribution in [0.25, 0.3) is 0 Å². The Labute approximate surface area is 119 Å². The van der Waals surface area contributed by atoms with Crippen molar-refractivity contribution in [3.8, 4) is 0 Å². The van der Waals surface area contributed by atoms with Gasteiger partial charge in [-0.2, -0.15) is 0 Å². The summed E-state index contributed by atoms with van der Waals surface area (Å²) in [6.07, 6.45) is 3.34. The Morgan fingerprint density at radius 1 is 1.30 bits per heavy atom. The van der Waals surface area contributed by atoms with Crippen molar-refractivity contribution in [1.82, 2.24) is 10.1 Å². The van der Waals surface area contributed by atoms with Gasteiger partial charge in [0, 0.05) is 18.0 Å². The molecule has 0 radical (unpaired) electrons. The minimum absolute atomic E-state index is 0.413. The van der Waals surface area contributed by atoms with E-state index in [2.05, 4.69) is 29.1 Å². The molecule has 1 saturated heterocycles. The average molecular weight is 274 g/mol. The summed E-state index contributed by atoms with van der Waals surface area (Å²) in [7, 11) is 0. The van der Waals surface area contributed by atoms with Gasteiger partial charge in [-0.25, -0.2) is 0 Å². The Hall–Kier alpha value is -1.55. The number of aryl methyl sites for hydroxylation is 3. The molecule has 1 unspecified atom stereocenters. The Morgan fingerprint density at radius 3 is 2.75 bits per heavy atom. The van der Waals surface area contributed by atoms with Crippen molar-refractivity contribution in [2.24, 2.45) is 0 Å². The predicted octanol–water partition coefficient (Wildman–Crippen LogP) is 3.78. The SMILES string of the molecule is CCc1ccc(CN2CCCC2c2c(C)noc2C)o1. The topological polar surface area (TPSA) is 42.4 Å². The molecule has 0 spiro atoms. The molecule has 0 saturated carbocycles. The quantitative estimate of drug-likeness (QED) is 0.850. The number of hydrogen-bond acceptors (Lipinski definition) is 4. The molecule has 3 heterocycles. The van der Waals surface area contributed by atoms with Crippen LogP contribution in [0.5, 0.6) is 0 Å². The third kappa shape index (κ3) is 2.40. The molecule has 0 aromatic carbocycles. The van der Waals surface area contributed by atoms with E-state index in [0.717, 1.165) is 42.5 Å². The van der Waals surface area contributed by atoms with Crippen LogP contribution in [0.1, 0.15) is 54.3 Å². The Balaban J connectivity index is 1.79. The summed E-state index contributed by atoms with van der Waals surface area (Å²) in [6, 6.07) is 4.59. The minimum atomic E-state index is 0.413. The second kappa shape index (κ2) is 5.44. The average Bonchev–Trinajstić information content (AvgIpc) is 3.13. The first-order chi connectivity index (χ1) is 9.69. The third-order valence-corrected chi connectivity index (χ3v) is 4.21. The van der Waals surface area contributed by atoms with Crippen LogP contribution in [-0.2, 0) is 13.0 Å². The molecule has 0 bridgehead atoms. The van der Waals surface area contributed by atoms with Crippen LogP contribution < -0.4 is 0 Å². The molecule has 1 atom stereocenters. The summed E-state index contributed by atoms with van der Waals surface area (Å²) < 4.78 is 11.2. The molecule has 1 aliphatic rings. The minimum Gasteiger partial charge on any atom is -0.465 e. The fraction of sp³-hybridized carbons (Fsp3) is 0.562. The molecule has 2 aromatic rings. The van der Waals surface area contributed by atoms with Crippen LogP contribution in [0, 0.1) is 13.8 Å². The van der Waals surface area contributed by atoms with Crippen LogP contribution in [0.15, 0.2) is 21.1 Å². The van der Waals surface area contributed by atoms with Crippen LogP contribution in [0.2, 0.25) is 0 Å². The Morgan fingerprint density at radius 2 is 2.10 bits per heavy atom. The smallest absolute Gasteiger partial charge is 0.138 e. The van der Waals surface area contributed by atoms with Gasteiger partial charge in [-0.1, -0.05) is 12.1 Å². The first-order valence-electron chi connectivity index (χ1n) is 7.43. The number of nitrogens with zero attached hydrogens (tertiary/aromatic N) is 2. The monoisotopic (exact) mass is 274 g/mol. The van der Waals surface area contributed by atoms with Crippen molar-refractivity contribution in [3.63, 3.8) is 0 Å². The molecule has 0 amide bonds. The lowest BCUT2D eigenvalue weighted by Crippen LogP contribution is -2.23. The van der Waals surface area contributed by atoms with Gasteiger partial charge in [0.1, 0.15) is 17.3 Å². The molecule has 4 heteroatoms. The van der Waals surface area contributed by atoms with Crippen molar-refractivity contribution in [1.29, 1.82) is 0 Å². The van der Waals surface area contributed by atoms with E-state index in [4.69, 9.17) is 8.94 Å². The van der Waals surface area contributed by atoms with Gasteiger partial charge < -0.3 is 8.94 Å². The first kappa shape index (κ1) is 13.4. The molecule has 0 aliphatic carbocycles. The van der Waals surface area contributed by atoms with Gasteiger partial charge in [0.2, 0.25) is 0 Å². The zero-order chi connectivity index (χ0) is 14.1. The van der Waals surface area contributed by atoms with Gasteiger partial charge in [-0.3, -0.25) is 4.90 Å². The van der Waals surface area contributed by atoms with Crippen molar-refractivity contribution < 1.29 is 8.94 Å². The first-order valence-corrected chi connectivity index (χ1v) is 7.43. The maximum atomic E-state index is 5.84. The molecule has 1 aliphatic heterocycles. The summed E-state index contributed by atoms with van der Waals surface area (Å²) >= 11 is 0. The number of furan rings is 1. The highest BCUT2D eigenvalue weighted by atomic mass is 16.5. The van der Waals surface area contributed by atoms with Crippen LogP contribution in [-0.4, -0.2) is 16.6 Å². The van der Waals surface area contributed by atoms with Gasteiger partial charge >= 0.3 is 0 Å². The van der Waals surface area contributed by atoms with Gasteiger partial charge in [0.25, 0.3) is 0 Å². The van der Waals surface area contributed by atoms with Crippen molar-refractivity contribution in [2.75, 3.05) is 6.54 Å². The molecule has 2 aromatic heterocycles. The summed E-state index contributed by atoms with van der Waals surface area (Å²) in [5.41, 5.74) is 2.29. The second-order valence-electron chi connectivity index (χ2n) is 5.59. The molecule has 20 heavy (non-hydrogen) atoms. The lowest BCUT2D eigenvalue weighted by atomic mass is 10.0. The van der Waals surface area contributed by atoms with Gasteiger partial charge in [0.05, 0.1) is 12.2 Å². The molecule has 1 fully saturated rings. The van der Waals surface area contributed by atoms with E-state index >= 15 is 0 Å². The third-order valence-electron chi connectivity index (χ3n) is 4.21. The lowest BCUT2D eigenvalue weighted by molar-refractivity contribution is 0.224. The molecule has 3 rings (SSSR count). The fourth-order valence-corrected chi connectivity index (χ4v) is 3.21. The van der Waals surface area contributed by atoms with E-state index in [9.17, 15) is 0 Å². The zero-order valence-corrected chi connectivity index (χ0v) is 12.5. The predicted molar refractivity (Wildman–Crippen MR) is 76.4 cm³/mol. The van der Waals surface area contributed by atoms with Crippen LogP contribution in [0.4, 0.5) is 0 Å². The Kier molecular flexibility index (Phi) is 3.66. The maximum absolute atomic E-state index is 5.84. The lowest BCUT2D eigenvalue weighted by Gasteiger charge is -2.23. The summed E-state index contributed by atoms with van der Waals surface area (Å²) in [6.45, 7) is 8.13.